The predicted molar refractivity (Wildman–Crippen MR) is 74.5 cm³/mol. The average Bonchev–Trinajstić information content (AvgIpc) is 2.88. The minimum Gasteiger partial charge on any atom is -0.504 e. The maximum Gasteiger partial charge on any atom is 0.162 e. The maximum atomic E-state index is 9.99. The van der Waals surface area contributed by atoms with Crippen LogP contribution in [0, 0.1) is 5.92 Å². The van der Waals surface area contributed by atoms with E-state index in [2.05, 4.69) is 12.2 Å². The van der Waals surface area contributed by atoms with Crippen LogP contribution in [0.15, 0.2) is 18.2 Å². The minimum absolute atomic E-state index is 0.229. The van der Waals surface area contributed by atoms with E-state index in [1.54, 1.807) is 13.2 Å². The van der Waals surface area contributed by atoms with Crippen LogP contribution in [-0.4, -0.2) is 31.5 Å². The van der Waals surface area contributed by atoms with E-state index in [1.807, 2.05) is 12.1 Å². The zero-order valence-electron chi connectivity index (χ0n) is 11.7. The van der Waals surface area contributed by atoms with Crippen LogP contribution in [0.1, 0.15) is 25.3 Å². The van der Waals surface area contributed by atoms with E-state index in [0.29, 0.717) is 24.3 Å². The van der Waals surface area contributed by atoms with E-state index < -0.39 is 0 Å². The van der Waals surface area contributed by atoms with Crippen molar-refractivity contribution in [2.24, 2.45) is 5.92 Å². The number of benzene rings is 1. The third-order valence-electron chi connectivity index (χ3n) is 3.77. The van der Waals surface area contributed by atoms with Crippen LogP contribution in [-0.2, 0) is 11.3 Å². The Labute approximate surface area is 114 Å². The van der Waals surface area contributed by atoms with Gasteiger partial charge in [-0.05, 0) is 24.8 Å². The second-order valence-electron chi connectivity index (χ2n) is 4.97. The molecule has 1 heterocycles. The van der Waals surface area contributed by atoms with Crippen molar-refractivity contribution in [3.05, 3.63) is 23.8 Å². The van der Waals surface area contributed by atoms with Crippen molar-refractivity contribution in [1.29, 1.82) is 0 Å². The number of phenols is 1. The number of hydrogen-bond donors (Lipinski definition) is 2. The van der Waals surface area contributed by atoms with Crippen LogP contribution in [0.3, 0.4) is 0 Å². The first-order valence-corrected chi connectivity index (χ1v) is 6.93. The highest BCUT2D eigenvalue weighted by atomic mass is 16.5. The highest BCUT2D eigenvalue weighted by molar-refractivity contribution is 5.45. The molecule has 1 fully saturated rings. The molecule has 1 saturated heterocycles. The molecule has 2 N–H and O–H groups in total. The van der Waals surface area contributed by atoms with E-state index in [9.17, 15) is 5.11 Å². The molecule has 2 unspecified atom stereocenters. The fraction of sp³-hybridized carbons (Fsp3) is 0.600. The van der Waals surface area contributed by atoms with Gasteiger partial charge in [-0.15, -0.1) is 0 Å². The second kappa shape index (κ2) is 6.78. The summed E-state index contributed by atoms with van der Waals surface area (Å²) < 4.78 is 10.8. The first-order valence-electron chi connectivity index (χ1n) is 6.93. The summed E-state index contributed by atoms with van der Waals surface area (Å²) in [6.45, 7) is 4.61. The van der Waals surface area contributed by atoms with Crippen LogP contribution in [0.5, 0.6) is 11.5 Å². The van der Waals surface area contributed by atoms with E-state index in [0.717, 1.165) is 31.6 Å². The van der Waals surface area contributed by atoms with Crippen LogP contribution in [0.25, 0.3) is 0 Å². The molecule has 4 heteroatoms. The zero-order valence-corrected chi connectivity index (χ0v) is 11.7. The molecule has 1 aliphatic rings. The normalized spacial score (nSPS) is 22.6. The van der Waals surface area contributed by atoms with Crippen molar-refractivity contribution < 1.29 is 14.6 Å². The average molecular weight is 265 g/mol. The molecule has 0 spiro atoms. The number of ether oxygens (including phenoxy) is 2. The molecule has 2 rings (SSSR count). The van der Waals surface area contributed by atoms with Gasteiger partial charge in [-0.2, -0.15) is 0 Å². The van der Waals surface area contributed by atoms with Crippen molar-refractivity contribution in [3.63, 3.8) is 0 Å². The fourth-order valence-electron chi connectivity index (χ4n) is 2.64. The van der Waals surface area contributed by atoms with Gasteiger partial charge in [0.05, 0.1) is 13.2 Å². The molecular formula is C15H23NO3. The first-order chi connectivity index (χ1) is 9.26. The van der Waals surface area contributed by atoms with E-state index in [1.165, 1.54) is 0 Å². The van der Waals surface area contributed by atoms with Crippen molar-refractivity contribution in [3.8, 4) is 11.5 Å². The van der Waals surface area contributed by atoms with E-state index >= 15 is 0 Å². The molecule has 0 aromatic heterocycles. The maximum absolute atomic E-state index is 9.99. The molecule has 4 nitrogen and oxygen atoms in total. The molecule has 19 heavy (non-hydrogen) atoms. The van der Waals surface area contributed by atoms with Gasteiger partial charge in [-0.3, -0.25) is 0 Å². The number of hydrogen-bond acceptors (Lipinski definition) is 4. The molecule has 1 aromatic rings. The van der Waals surface area contributed by atoms with Crippen molar-refractivity contribution >= 4 is 0 Å². The third kappa shape index (κ3) is 3.39. The fourth-order valence-corrected chi connectivity index (χ4v) is 2.64. The van der Waals surface area contributed by atoms with Crippen LogP contribution < -0.4 is 10.1 Å². The standard InChI is InChI=1S/C15H23NO3/c1-3-13-11(7-8-19-13)9-16-10-12-5-4-6-14(18-2)15(12)17/h4-6,11,13,16-17H,3,7-10H2,1-2H3. The SMILES string of the molecule is CCC1OCCC1CNCc1cccc(OC)c1O. The molecule has 1 aromatic carbocycles. The van der Waals surface area contributed by atoms with Gasteiger partial charge in [0.15, 0.2) is 11.5 Å². The third-order valence-corrected chi connectivity index (χ3v) is 3.77. The Balaban J connectivity index is 1.86. The Morgan fingerprint density at radius 2 is 2.32 bits per heavy atom. The van der Waals surface area contributed by atoms with Gasteiger partial charge in [0.1, 0.15) is 0 Å². The van der Waals surface area contributed by atoms with Crippen molar-refractivity contribution in [1.82, 2.24) is 5.32 Å². The summed E-state index contributed by atoms with van der Waals surface area (Å²) in [5.41, 5.74) is 0.867. The lowest BCUT2D eigenvalue weighted by Gasteiger charge is -2.17. The molecular weight excluding hydrogens is 242 g/mol. The Morgan fingerprint density at radius 1 is 1.47 bits per heavy atom. The van der Waals surface area contributed by atoms with Crippen LogP contribution in [0.2, 0.25) is 0 Å². The molecule has 2 atom stereocenters. The van der Waals surface area contributed by atoms with Crippen molar-refractivity contribution in [2.45, 2.75) is 32.4 Å². The van der Waals surface area contributed by atoms with Gasteiger partial charge in [-0.1, -0.05) is 19.1 Å². The molecule has 0 bridgehead atoms. The Morgan fingerprint density at radius 3 is 3.05 bits per heavy atom. The number of nitrogens with one attached hydrogen (secondary N) is 1. The van der Waals surface area contributed by atoms with Crippen LogP contribution in [0.4, 0.5) is 0 Å². The number of methoxy groups -OCH3 is 1. The predicted octanol–water partition coefficient (Wildman–Crippen LogP) is 2.31. The van der Waals surface area contributed by atoms with E-state index in [4.69, 9.17) is 9.47 Å². The highest BCUT2D eigenvalue weighted by Gasteiger charge is 2.26. The largest absolute Gasteiger partial charge is 0.504 e. The van der Waals surface area contributed by atoms with Crippen LogP contribution >= 0.6 is 0 Å². The lowest BCUT2D eigenvalue weighted by atomic mass is 9.99. The Bertz CT molecular complexity index is 408. The Kier molecular flexibility index (Phi) is 5.05. The lowest BCUT2D eigenvalue weighted by molar-refractivity contribution is 0.0872. The molecule has 0 saturated carbocycles. The van der Waals surface area contributed by atoms with Gasteiger partial charge < -0.3 is 19.9 Å². The van der Waals surface area contributed by atoms with Crippen molar-refractivity contribution in [2.75, 3.05) is 20.3 Å². The van der Waals surface area contributed by atoms with Gasteiger partial charge in [0.25, 0.3) is 0 Å². The van der Waals surface area contributed by atoms with Gasteiger partial charge >= 0.3 is 0 Å². The number of rotatable bonds is 6. The van der Waals surface area contributed by atoms with Gasteiger partial charge in [0, 0.05) is 25.3 Å². The molecule has 1 aliphatic heterocycles. The second-order valence-corrected chi connectivity index (χ2v) is 4.97. The number of aromatic hydroxyl groups is 1. The number of para-hydroxylation sites is 1. The zero-order chi connectivity index (χ0) is 13.7. The number of phenolic OH excluding ortho intramolecular Hbond substituents is 1. The molecule has 0 radical (unpaired) electrons. The van der Waals surface area contributed by atoms with E-state index in [-0.39, 0.29) is 5.75 Å². The van der Waals surface area contributed by atoms with Gasteiger partial charge in [0.2, 0.25) is 0 Å². The summed E-state index contributed by atoms with van der Waals surface area (Å²) in [5.74, 6) is 1.33. The first kappa shape index (κ1) is 14.2. The summed E-state index contributed by atoms with van der Waals surface area (Å²) in [5, 5.41) is 13.4. The van der Waals surface area contributed by atoms with Gasteiger partial charge in [-0.25, -0.2) is 0 Å². The summed E-state index contributed by atoms with van der Waals surface area (Å²) in [4.78, 5) is 0. The Hall–Kier alpha value is -1.26. The lowest BCUT2D eigenvalue weighted by Crippen LogP contribution is -2.28. The molecule has 0 amide bonds. The molecule has 0 aliphatic carbocycles. The summed E-state index contributed by atoms with van der Waals surface area (Å²) >= 11 is 0. The summed E-state index contributed by atoms with van der Waals surface area (Å²) in [6.07, 6.45) is 2.57. The summed E-state index contributed by atoms with van der Waals surface area (Å²) in [6, 6.07) is 5.56. The monoisotopic (exact) mass is 265 g/mol. The summed E-state index contributed by atoms with van der Waals surface area (Å²) in [7, 11) is 1.56. The topological polar surface area (TPSA) is 50.7 Å². The quantitative estimate of drug-likeness (QED) is 0.828. The highest BCUT2D eigenvalue weighted by Crippen LogP contribution is 2.29. The minimum atomic E-state index is 0.229. The molecule has 106 valence electrons. The smallest absolute Gasteiger partial charge is 0.162 e.